The van der Waals surface area contributed by atoms with Crippen LogP contribution in [0.2, 0.25) is 127 Å². The van der Waals surface area contributed by atoms with Gasteiger partial charge in [-0.25, -0.2) is 0 Å². The first-order chi connectivity index (χ1) is 19.1. The Morgan fingerprint density at radius 1 is 0.364 bits per heavy atom. The smallest absolute Gasteiger partial charge is 0.317 e. The van der Waals surface area contributed by atoms with Gasteiger partial charge in [0.25, 0.3) is 0 Å². The molecule has 2 fully saturated rings. The Morgan fingerprint density at radius 3 is 0.682 bits per heavy atom. The van der Waals surface area contributed by atoms with Gasteiger partial charge >= 0.3 is 68.5 Å². The van der Waals surface area contributed by atoms with Crippen LogP contribution in [0.25, 0.3) is 0 Å². The zero-order chi connectivity index (χ0) is 35.5. The van der Waals surface area contributed by atoms with Gasteiger partial charge in [-0.05, 0) is 108 Å². The molecular weight excluding hydrogens is 705 g/mol. The van der Waals surface area contributed by atoms with E-state index in [9.17, 15) is 0 Å². The monoisotopic (exact) mass is 778 g/mol. The fraction of sp³-hybridized carbons (Fsp3) is 1.00. The van der Waals surface area contributed by atoms with Crippen LogP contribution in [0.15, 0.2) is 0 Å². The average molecular weight is 780 g/mol. The molecule has 44 heavy (non-hydrogen) atoms. The van der Waals surface area contributed by atoms with Gasteiger partial charge < -0.3 is 32.9 Å². The second kappa shape index (κ2) is 15.7. The Kier molecular flexibility index (Phi) is 16.3. The van der Waals surface area contributed by atoms with Crippen LogP contribution in [-0.2, 0) is 32.9 Å². The normalized spacial score (nSPS) is 35.3. The minimum Gasteiger partial charge on any atom is -0.416 e. The van der Waals surface area contributed by atoms with Crippen molar-refractivity contribution in [2.75, 3.05) is 0 Å². The van der Waals surface area contributed by atoms with Crippen LogP contribution in [0.1, 0.15) is 48.5 Å². The van der Waals surface area contributed by atoms with E-state index >= 15 is 0 Å². The Labute approximate surface area is 284 Å². The molecule has 2 saturated heterocycles. The lowest BCUT2D eigenvalue weighted by Gasteiger charge is -2.48. The minimum absolute atomic E-state index is 0.576. The highest BCUT2D eigenvalue weighted by molar-refractivity contribution is 6.94. The third-order valence-electron chi connectivity index (χ3n) is 8.51. The number of hydrogen-bond donors (Lipinski definition) is 0. The van der Waals surface area contributed by atoms with E-state index in [2.05, 4.69) is 147 Å². The van der Waals surface area contributed by atoms with Crippen LogP contribution in [0.4, 0.5) is 0 Å². The molecule has 0 spiro atoms. The van der Waals surface area contributed by atoms with E-state index in [1.807, 2.05) is 0 Å². The summed E-state index contributed by atoms with van der Waals surface area (Å²) < 4.78 is 51.0. The number of hydrogen-bond acceptors (Lipinski definition) is 8. The van der Waals surface area contributed by atoms with Gasteiger partial charge in [0, 0.05) is 8.07 Å². The van der Waals surface area contributed by atoms with E-state index in [0.29, 0.717) is 5.04 Å². The van der Waals surface area contributed by atoms with E-state index in [0.717, 1.165) is 24.2 Å². The van der Waals surface area contributed by atoms with Crippen molar-refractivity contribution >= 4 is 76.6 Å². The lowest BCUT2D eigenvalue weighted by Crippen LogP contribution is -2.65. The molecule has 0 amide bonds. The van der Waals surface area contributed by atoms with Crippen molar-refractivity contribution in [3.8, 4) is 0 Å². The fourth-order valence-corrected chi connectivity index (χ4v) is 47.2. The minimum atomic E-state index is -2.15. The van der Waals surface area contributed by atoms with Crippen molar-refractivity contribution in [1.29, 1.82) is 0 Å². The number of rotatable bonds is 4. The van der Waals surface area contributed by atoms with Crippen molar-refractivity contribution in [1.82, 2.24) is 0 Å². The molecule has 17 heteroatoms. The predicted molar refractivity (Wildman–Crippen MR) is 210 cm³/mol. The van der Waals surface area contributed by atoms with Crippen LogP contribution in [0.5, 0.6) is 0 Å². The highest BCUT2D eigenvalue weighted by Crippen LogP contribution is 2.36. The Balaban J connectivity index is 0.000000679. The molecule has 0 aromatic rings. The van der Waals surface area contributed by atoms with Gasteiger partial charge in [-0.3, -0.25) is 0 Å². The maximum Gasteiger partial charge on any atom is 0.317 e. The lowest BCUT2D eigenvalue weighted by atomic mass is 10.2. The molecule has 0 aliphatic carbocycles. The van der Waals surface area contributed by atoms with Crippen molar-refractivity contribution in [2.45, 2.75) is 176 Å². The van der Waals surface area contributed by atoms with E-state index in [1.165, 1.54) is 0 Å². The maximum atomic E-state index is 6.46. The second-order valence-corrected chi connectivity index (χ2v) is 52.5. The summed E-state index contributed by atoms with van der Waals surface area (Å²) in [5.74, 6) is 0. The van der Waals surface area contributed by atoms with Crippen molar-refractivity contribution in [3.63, 3.8) is 0 Å². The van der Waals surface area contributed by atoms with Crippen LogP contribution in [0.3, 0.4) is 0 Å². The van der Waals surface area contributed by atoms with Gasteiger partial charge in [-0.15, -0.1) is 0 Å². The van der Waals surface area contributed by atoms with Crippen molar-refractivity contribution in [2.24, 2.45) is 0 Å². The first-order valence-corrected chi connectivity index (χ1v) is 41.6. The lowest BCUT2D eigenvalue weighted by molar-refractivity contribution is 0.229. The molecular formula is C27H74O8Si9. The summed E-state index contributed by atoms with van der Waals surface area (Å²) in [4.78, 5) is 0. The molecule has 2 aliphatic rings. The van der Waals surface area contributed by atoms with Gasteiger partial charge in [0.1, 0.15) is 0 Å². The van der Waals surface area contributed by atoms with E-state index in [4.69, 9.17) is 32.9 Å². The maximum absolute atomic E-state index is 6.46. The Hall–Kier alpha value is 1.63. The summed E-state index contributed by atoms with van der Waals surface area (Å²) in [6, 6.07) is 3.77. The summed E-state index contributed by atoms with van der Waals surface area (Å²) >= 11 is 0. The third-order valence-corrected chi connectivity index (χ3v) is 47.7. The van der Waals surface area contributed by atoms with Crippen LogP contribution < -0.4 is 0 Å². The van der Waals surface area contributed by atoms with E-state index in [-0.39, 0.29) is 0 Å². The Bertz CT molecular complexity index is 823. The van der Waals surface area contributed by atoms with Crippen molar-refractivity contribution in [3.05, 3.63) is 0 Å². The highest BCUT2D eigenvalue weighted by atomic mass is 28.5. The molecule has 0 bridgehead atoms. The largest absolute Gasteiger partial charge is 0.416 e. The van der Waals surface area contributed by atoms with Crippen LogP contribution in [0, 0.1) is 0 Å². The molecule has 2 heterocycles. The third kappa shape index (κ3) is 15.9. The molecule has 8 nitrogen and oxygen atoms in total. The van der Waals surface area contributed by atoms with Crippen molar-refractivity contribution < 1.29 is 32.9 Å². The molecule has 2 unspecified atom stereocenters. The standard InChI is InChI=1S/2C10H28O4Si4.C7H18Si/c1-9-17(7)11-15(3,4)13-18(8,10-2)14-16(5,6)12-17;1-9-17(7)12-15(3,4)11-16(5,6)13-18(8,10-2)14-17;1-7(2,3)8(4,5)6/h2*9-10H2,1-8H3;1-6H3. The average Bonchev–Trinajstić information content (AvgIpc) is 2.73. The van der Waals surface area contributed by atoms with Crippen LogP contribution >= 0.6 is 0 Å². The molecule has 0 aromatic heterocycles. The zero-order valence-electron chi connectivity index (χ0n) is 33.1. The fourth-order valence-electron chi connectivity index (χ4n) is 4.91. The van der Waals surface area contributed by atoms with Crippen LogP contribution in [-0.4, -0.2) is 76.6 Å². The van der Waals surface area contributed by atoms with Gasteiger partial charge in [0.05, 0.1) is 0 Å². The first kappa shape index (κ1) is 45.6. The molecule has 0 aromatic carbocycles. The van der Waals surface area contributed by atoms with E-state index < -0.39 is 76.6 Å². The quantitative estimate of drug-likeness (QED) is 0.261. The summed E-state index contributed by atoms with van der Waals surface area (Å²) in [7, 11) is -18.0. The van der Waals surface area contributed by atoms with E-state index in [1.54, 1.807) is 0 Å². The summed E-state index contributed by atoms with van der Waals surface area (Å²) in [6.45, 7) is 48.2. The SMILES string of the molecule is CC(C)(C)[Si](C)(C)C.CC[Si]1(C)O[Si](C)(C)O[Si](C)(C)O[Si](C)(CC)O1.CC[Si]1(C)O[Si](C)(C)O[Si](C)(CC)O[Si](C)(C)O1. The molecule has 0 radical (unpaired) electrons. The van der Waals surface area contributed by atoms with Gasteiger partial charge in [0.15, 0.2) is 0 Å². The van der Waals surface area contributed by atoms with Gasteiger partial charge in [-0.2, -0.15) is 0 Å². The molecule has 0 N–H and O–H groups in total. The molecule has 2 atom stereocenters. The Morgan fingerprint density at radius 2 is 0.523 bits per heavy atom. The summed E-state index contributed by atoms with van der Waals surface area (Å²) in [6.07, 6.45) is 0. The molecule has 2 aliphatic heterocycles. The van der Waals surface area contributed by atoms with Gasteiger partial charge in [-0.1, -0.05) is 68.1 Å². The zero-order valence-corrected chi connectivity index (χ0v) is 42.1. The molecule has 266 valence electrons. The molecule has 2 rings (SSSR count). The first-order valence-electron chi connectivity index (χ1n) is 16.8. The highest BCUT2D eigenvalue weighted by Gasteiger charge is 2.54. The topological polar surface area (TPSA) is 73.8 Å². The predicted octanol–water partition coefficient (Wildman–Crippen LogP) is 10.4. The van der Waals surface area contributed by atoms with Gasteiger partial charge in [0.2, 0.25) is 0 Å². The molecule has 0 saturated carbocycles. The summed E-state index contributed by atoms with van der Waals surface area (Å²) in [5, 5.41) is 0.576. The second-order valence-electron chi connectivity index (χ2n) is 16.9. The summed E-state index contributed by atoms with van der Waals surface area (Å²) in [5.41, 5.74) is 0.